The van der Waals surface area contributed by atoms with E-state index in [2.05, 4.69) is 20.1 Å². The number of imidazole rings is 1. The van der Waals surface area contributed by atoms with Gasteiger partial charge in [0.05, 0.1) is 5.69 Å². The van der Waals surface area contributed by atoms with E-state index in [0.29, 0.717) is 23.9 Å². The Morgan fingerprint density at radius 2 is 2.00 bits per heavy atom. The molecule has 0 amide bonds. The topological polar surface area (TPSA) is 69.1 Å². The maximum Gasteiger partial charge on any atom is 0.276 e. The molecule has 0 aliphatic rings. The van der Waals surface area contributed by atoms with Gasteiger partial charge < -0.3 is 4.52 Å². The highest BCUT2D eigenvalue weighted by molar-refractivity contribution is 5.57. The Balaban J connectivity index is 1.69. The molecular formula is C16H12FN5O. The number of hydrogen-bond acceptors (Lipinski definition) is 5. The highest BCUT2D eigenvalue weighted by Crippen LogP contribution is 2.22. The zero-order valence-corrected chi connectivity index (χ0v) is 12.3. The van der Waals surface area contributed by atoms with Gasteiger partial charge in [0.15, 0.2) is 5.82 Å². The van der Waals surface area contributed by atoms with Crippen molar-refractivity contribution in [1.82, 2.24) is 24.5 Å². The van der Waals surface area contributed by atoms with Gasteiger partial charge in [-0.15, -0.1) is 0 Å². The normalized spacial score (nSPS) is 11.2. The molecule has 6 nitrogen and oxygen atoms in total. The molecule has 0 saturated carbocycles. The van der Waals surface area contributed by atoms with Crippen molar-refractivity contribution in [3.8, 4) is 11.6 Å². The van der Waals surface area contributed by atoms with E-state index in [0.717, 1.165) is 17.0 Å². The summed E-state index contributed by atoms with van der Waals surface area (Å²) in [6.07, 6.45) is 4.00. The zero-order chi connectivity index (χ0) is 15.8. The van der Waals surface area contributed by atoms with Gasteiger partial charge in [0, 0.05) is 18.8 Å². The van der Waals surface area contributed by atoms with Gasteiger partial charge in [-0.3, -0.25) is 4.40 Å². The first-order chi connectivity index (χ1) is 11.2. The Morgan fingerprint density at radius 1 is 1.17 bits per heavy atom. The first kappa shape index (κ1) is 13.6. The van der Waals surface area contributed by atoms with Gasteiger partial charge in [-0.1, -0.05) is 17.3 Å². The number of aromatic nitrogens is 5. The Hall–Kier alpha value is -3.09. The zero-order valence-electron chi connectivity index (χ0n) is 12.3. The Bertz CT molecular complexity index is 974. The van der Waals surface area contributed by atoms with Crippen LogP contribution in [0, 0.1) is 12.7 Å². The van der Waals surface area contributed by atoms with Gasteiger partial charge in [-0.05, 0) is 30.7 Å². The molecule has 4 aromatic rings. The van der Waals surface area contributed by atoms with E-state index in [1.165, 1.54) is 12.1 Å². The summed E-state index contributed by atoms with van der Waals surface area (Å²) in [6.45, 7) is 1.87. The van der Waals surface area contributed by atoms with Gasteiger partial charge in [-0.2, -0.15) is 4.98 Å². The first-order valence-corrected chi connectivity index (χ1v) is 7.08. The number of benzene rings is 1. The molecule has 114 valence electrons. The quantitative estimate of drug-likeness (QED) is 0.582. The van der Waals surface area contributed by atoms with Crippen molar-refractivity contribution >= 4 is 5.78 Å². The van der Waals surface area contributed by atoms with E-state index in [1.54, 1.807) is 18.3 Å². The van der Waals surface area contributed by atoms with Crippen LogP contribution in [-0.2, 0) is 6.42 Å². The van der Waals surface area contributed by atoms with Crippen LogP contribution in [-0.4, -0.2) is 24.5 Å². The highest BCUT2D eigenvalue weighted by atomic mass is 19.1. The molecule has 4 rings (SSSR count). The molecule has 1 aromatic carbocycles. The summed E-state index contributed by atoms with van der Waals surface area (Å²) in [7, 11) is 0. The van der Waals surface area contributed by atoms with E-state index in [1.807, 2.05) is 23.6 Å². The minimum Gasteiger partial charge on any atom is -0.332 e. The third-order valence-electron chi connectivity index (χ3n) is 3.52. The largest absolute Gasteiger partial charge is 0.332 e. The molecule has 3 heterocycles. The molecule has 0 spiro atoms. The Kier molecular flexibility index (Phi) is 3.11. The molecule has 0 radical (unpaired) electrons. The number of nitrogens with zero attached hydrogens (tertiary/aromatic N) is 5. The average Bonchev–Trinajstić information content (AvgIpc) is 3.12. The van der Waals surface area contributed by atoms with Gasteiger partial charge in [-0.25, -0.2) is 14.4 Å². The van der Waals surface area contributed by atoms with Crippen molar-refractivity contribution in [2.45, 2.75) is 13.3 Å². The van der Waals surface area contributed by atoms with E-state index in [9.17, 15) is 4.39 Å². The Morgan fingerprint density at radius 3 is 2.83 bits per heavy atom. The fraction of sp³-hybridized carbons (Fsp3) is 0.125. The van der Waals surface area contributed by atoms with Gasteiger partial charge >= 0.3 is 0 Å². The molecule has 0 atom stereocenters. The van der Waals surface area contributed by atoms with Gasteiger partial charge in [0.1, 0.15) is 11.5 Å². The van der Waals surface area contributed by atoms with Crippen LogP contribution >= 0.6 is 0 Å². The molecule has 0 N–H and O–H groups in total. The summed E-state index contributed by atoms with van der Waals surface area (Å²) in [5.41, 5.74) is 2.40. The third kappa shape index (κ3) is 2.46. The molecular weight excluding hydrogens is 297 g/mol. The second kappa shape index (κ2) is 5.28. The summed E-state index contributed by atoms with van der Waals surface area (Å²) in [6, 6.07) is 8.05. The summed E-state index contributed by atoms with van der Waals surface area (Å²) < 4.78 is 20.1. The Labute approximate surface area is 130 Å². The minimum absolute atomic E-state index is 0.267. The lowest BCUT2D eigenvalue weighted by molar-refractivity contribution is 0.422. The lowest BCUT2D eigenvalue weighted by atomic mass is 10.1. The smallest absolute Gasteiger partial charge is 0.276 e. The number of aryl methyl sites for hydroxylation is 1. The average molecular weight is 309 g/mol. The SMILES string of the molecule is Cc1nc2ncccn2c1-c1nc(Cc2ccc(F)cc2)no1. The summed E-state index contributed by atoms with van der Waals surface area (Å²) in [5, 5.41) is 4.00. The van der Waals surface area contributed by atoms with E-state index in [4.69, 9.17) is 4.52 Å². The second-order valence-electron chi connectivity index (χ2n) is 5.15. The number of hydrogen-bond donors (Lipinski definition) is 0. The van der Waals surface area contributed by atoms with Crippen molar-refractivity contribution in [1.29, 1.82) is 0 Å². The number of fused-ring (bicyclic) bond motifs is 1. The van der Waals surface area contributed by atoms with Crippen LogP contribution in [0.3, 0.4) is 0 Å². The van der Waals surface area contributed by atoms with E-state index < -0.39 is 0 Å². The van der Waals surface area contributed by atoms with Crippen LogP contribution in [0.25, 0.3) is 17.4 Å². The highest BCUT2D eigenvalue weighted by Gasteiger charge is 2.18. The third-order valence-corrected chi connectivity index (χ3v) is 3.52. The fourth-order valence-corrected chi connectivity index (χ4v) is 2.46. The molecule has 3 aromatic heterocycles. The molecule has 0 saturated heterocycles. The van der Waals surface area contributed by atoms with Crippen molar-refractivity contribution in [2.24, 2.45) is 0 Å². The first-order valence-electron chi connectivity index (χ1n) is 7.08. The van der Waals surface area contributed by atoms with Crippen LogP contribution in [0.15, 0.2) is 47.2 Å². The second-order valence-corrected chi connectivity index (χ2v) is 5.15. The predicted octanol–water partition coefficient (Wildman–Crippen LogP) is 2.82. The van der Waals surface area contributed by atoms with Crippen LogP contribution in [0.4, 0.5) is 4.39 Å². The maximum atomic E-state index is 12.9. The van der Waals surface area contributed by atoms with Crippen molar-refractivity contribution in [3.05, 3.63) is 65.6 Å². The predicted molar refractivity (Wildman–Crippen MR) is 80.2 cm³/mol. The van der Waals surface area contributed by atoms with Crippen molar-refractivity contribution in [3.63, 3.8) is 0 Å². The lowest BCUT2D eigenvalue weighted by Gasteiger charge is -1.96. The van der Waals surface area contributed by atoms with Crippen LogP contribution in [0.1, 0.15) is 17.1 Å². The summed E-state index contributed by atoms with van der Waals surface area (Å²) in [4.78, 5) is 13.0. The van der Waals surface area contributed by atoms with Crippen LogP contribution in [0.2, 0.25) is 0 Å². The fourth-order valence-electron chi connectivity index (χ4n) is 2.46. The summed E-state index contributed by atoms with van der Waals surface area (Å²) in [5.74, 6) is 1.24. The van der Waals surface area contributed by atoms with E-state index >= 15 is 0 Å². The monoisotopic (exact) mass is 309 g/mol. The van der Waals surface area contributed by atoms with Gasteiger partial charge in [0.25, 0.3) is 5.89 Å². The molecule has 0 aliphatic carbocycles. The lowest BCUT2D eigenvalue weighted by Crippen LogP contribution is -1.93. The number of halogens is 1. The van der Waals surface area contributed by atoms with Crippen LogP contribution < -0.4 is 0 Å². The molecule has 7 heteroatoms. The molecule has 0 unspecified atom stereocenters. The maximum absolute atomic E-state index is 12.9. The van der Waals surface area contributed by atoms with Crippen molar-refractivity contribution < 1.29 is 8.91 Å². The summed E-state index contributed by atoms with van der Waals surface area (Å²) >= 11 is 0. The minimum atomic E-state index is -0.267. The number of rotatable bonds is 3. The molecule has 0 aliphatic heterocycles. The molecule has 0 bridgehead atoms. The van der Waals surface area contributed by atoms with Crippen molar-refractivity contribution in [2.75, 3.05) is 0 Å². The van der Waals surface area contributed by atoms with E-state index in [-0.39, 0.29) is 5.82 Å². The standard InChI is InChI=1S/C16H12FN5O/c1-10-14(22-8-2-7-18-16(22)19-10)15-20-13(21-23-15)9-11-3-5-12(17)6-4-11/h2-8H,9H2,1H3. The van der Waals surface area contributed by atoms with Crippen LogP contribution in [0.5, 0.6) is 0 Å². The molecule has 0 fully saturated rings. The molecule has 23 heavy (non-hydrogen) atoms. The van der Waals surface area contributed by atoms with Gasteiger partial charge in [0.2, 0.25) is 5.78 Å².